The molecule has 3 N–H and O–H groups in total. The van der Waals surface area contributed by atoms with Crippen molar-refractivity contribution < 1.29 is 9.59 Å². The number of nitrogens with one attached hydrogen (secondary N) is 1. The Morgan fingerprint density at radius 2 is 2.05 bits per heavy atom. The van der Waals surface area contributed by atoms with Crippen molar-refractivity contribution in [1.82, 2.24) is 10.2 Å². The summed E-state index contributed by atoms with van der Waals surface area (Å²) in [5.41, 5.74) is 7.05. The number of hydrogen-bond donors (Lipinski definition) is 2. The highest BCUT2D eigenvalue weighted by molar-refractivity contribution is 5.97. The number of amides is 2. The van der Waals surface area contributed by atoms with Gasteiger partial charge in [-0.1, -0.05) is 12.1 Å². The molecule has 0 heterocycles. The fourth-order valence-corrected chi connectivity index (χ4v) is 1.76. The van der Waals surface area contributed by atoms with E-state index >= 15 is 0 Å². The van der Waals surface area contributed by atoms with Crippen molar-refractivity contribution in [3.05, 3.63) is 35.4 Å². The van der Waals surface area contributed by atoms with Crippen LogP contribution in [0.4, 0.5) is 0 Å². The van der Waals surface area contributed by atoms with Gasteiger partial charge in [-0.25, -0.2) is 0 Å². The van der Waals surface area contributed by atoms with Crippen LogP contribution >= 0.6 is 0 Å². The lowest BCUT2D eigenvalue weighted by molar-refractivity contribution is -0.130. The van der Waals surface area contributed by atoms with Gasteiger partial charge in [-0.05, 0) is 37.6 Å². The standard InChI is InChI=1S/C14H21N3O2/c1-10(14(19)17(2)3)16-13(18)12-6-4-5-11(9-12)7-8-15/h4-6,9-10H,7-8,15H2,1-3H3,(H,16,18). The summed E-state index contributed by atoms with van der Waals surface area (Å²) >= 11 is 0. The number of carbonyl (C=O) groups excluding carboxylic acids is 2. The Kier molecular flexibility index (Phi) is 5.51. The van der Waals surface area contributed by atoms with E-state index < -0.39 is 6.04 Å². The van der Waals surface area contributed by atoms with Gasteiger partial charge in [0, 0.05) is 19.7 Å². The van der Waals surface area contributed by atoms with Crippen molar-refractivity contribution in [2.45, 2.75) is 19.4 Å². The Bertz CT molecular complexity index is 458. The summed E-state index contributed by atoms with van der Waals surface area (Å²) in [6.45, 7) is 2.21. The van der Waals surface area contributed by atoms with Crippen LogP contribution in [0.25, 0.3) is 0 Å². The van der Waals surface area contributed by atoms with E-state index in [4.69, 9.17) is 5.73 Å². The van der Waals surface area contributed by atoms with E-state index in [0.717, 1.165) is 12.0 Å². The second-order valence-electron chi connectivity index (χ2n) is 4.67. The van der Waals surface area contributed by atoms with Crippen LogP contribution in [0.1, 0.15) is 22.8 Å². The molecule has 104 valence electrons. The maximum absolute atomic E-state index is 12.0. The Morgan fingerprint density at radius 1 is 1.37 bits per heavy atom. The average Bonchev–Trinajstić information content (AvgIpc) is 2.38. The molecule has 0 aliphatic rings. The summed E-state index contributed by atoms with van der Waals surface area (Å²) < 4.78 is 0. The third-order valence-electron chi connectivity index (χ3n) is 2.78. The number of nitrogens with zero attached hydrogens (tertiary/aromatic N) is 1. The minimum absolute atomic E-state index is 0.133. The molecule has 0 aliphatic heterocycles. The molecule has 0 aliphatic carbocycles. The summed E-state index contributed by atoms with van der Waals surface area (Å²) in [6.07, 6.45) is 0.729. The lowest BCUT2D eigenvalue weighted by Crippen LogP contribution is -2.44. The first-order chi connectivity index (χ1) is 8.95. The fourth-order valence-electron chi connectivity index (χ4n) is 1.76. The molecule has 0 bridgehead atoms. The molecule has 0 saturated carbocycles. The molecule has 2 amide bonds. The van der Waals surface area contributed by atoms with Crippen LogP contribution in [0.2, 0.25) is 0 Å². The van der Waals surface area contributed by atoms with Crippen molar-refractivity contribution in [3.8, 4) is 0 Å². The first-order valence-electron chi connectivity index (χ1n) is 6.26. The second kappa shape index (κ2) is 6.89. The maximum Gasteiger partial charge on any atom is 0.251 e. The van der Waals surface area contributed by atoms with Gasteiger partial charge in [0.2, 0.25) is 5.91 Å². The molecule has 5 heteroatoms. The lowest BCUT2D eigenvalue weighted by Gasteiger charge is -2.18. The summed E-state index contributed by atoms with van der Waals surface area (Å²) in [5, 5.41) is 2.69. The number of nitrogens with two attached hydrogens (primary N) is 1. The number of hydrogen-bond acceptors (Lipinski definition) is 3. The highest BCUT2D eigenvalue weighted by atomic mass is 16.2. The third kappa shape index (κ3) is 4.37. The van der Waals surface area contributed by atoms with Gasteiger partial charge in [0.25, 0.3) is 5.91 Å². The van der Waals surface area contributed by atoms with E-state index in [0.29, 0.717) is 12.1 Å². The first-order valence-corrected chi connectivity index (χ1v) is 6.26. The van der Waals surface area contributed by atoms with E-state index in [1.165, 1.54) is 4.90 Å². The zero-order valence-corrected chi connectivity index (χ0v) is 11.6. The van der Waals surface area contributed by atoms with Crippen LogP contribution in [0.3, 0.4) is 0 Å². The van der Waals surface area contributed by atoms with Crippen LogP contribution in [0, 0.1) is 0 Å². The molecule has 5 nitrogen and oxygen atoms in total. The first kappa shape index (κ1) is 15.2. The molecule has 1 rings (SSSR count). The van der Waals surface area contributed by atoms with E-state index in [2.05, 4.69) is 5.32 Å². The molecule has 0 radical (unpaired) electrons. The monoisotopic (exact) mass is 263 g/mol. The van der Waals surface area contributed by atoms with Gasteiger partial charge in [0.1, 0.15) is 6.04 Å². The topological polar surface area (TPSA) is 75.4 Å². The Hall–Kier alpha value is -1.88. The Morgan fingerprint density at radius 3 is 2.63 bits per heavy atom. The molecule has 0 spiro atoms. The van der Waals surface area contributed by atoms with Gasteiger partial charge >= 0.3 is 0 Å². The third-order valence-corrected chi connectivity index (χ3v) is 2.78. The normalized spacial score (nSPS) is 11.8. The number of rotatable bonds is 5. The second-order valence-corrected chi connectivity index (χ2v) is 4.67. The predicted molar refractivity (Wildman–Crippen MR) is 74.8 cm³/mol. The van der Waals surface area contributed by atoms with Gasteiger partial charge in [-0.2, -0.15) is 0 Å². The number of carbonyl (C=O) groups is 2. The summed E-state index contributed by atoms with van der Waals surface area (Å²) in [7, 11) is 3.32. The minimum Gasteiger partial charge on any atom is -0.347 e. The largest absolute Gasteiger partial charge is 0.347 e. The van der Waals surface area contributed by atoms with Gasteiger partial charge in [0.05, 0.1) is 0 Å². The quantitative estimate of drug-likeness (QED) is 0.807. The zero-order valence-electron chi connectivity index (χ0n) is 11.6. The molecule has 1 aromatic rings. The zero-order chi connectivity index (χ0) is 14.4. The summed E-state index contributed by atoms with van der Waals surface area (Å²) in [4.78, 5) is 25.2. The minimum atomic E-state index is -0.541. The number of benzene rings is 1. The van der Waals surface area contributed by atoms with Crippen molar-refractivity contribution in [3.63, 3.8) is 0 Å². The van der Waals surface area contributed by atoms with Crippen molar-refractivity contribution in [2.24, 2.45) is 5.73 Å². The van der Waals surface area contributed by atoms with Crippen LogP contribution in [-0.2, 0) is 11.2 Å². The molecular weight excluding hydrogens is 242 g/mol. The summed E-state index contributed by atoms with van der Waals surface area (Å²) in [5.74, 6) is -0.381. The van der Waals surface area contributed by atoms with Gasteiger partial charge in [-0.15, -0.1) is 0 Å². The Balaban J connectivity index is 2.72. The molecule has 1 aromatic carbocycles. The van der Waals surface area contributed by atoms with E-state index in [-0.39, 0.29) is 11.8 Å². The maximum atomic E-state index is 12.0. The molecule has 1 atom stereocenters. The smallest absolute Gasteiger partial charge is 0.251 e. The van der Waals surface area contributed by atoms with Crippen LogP contribution < -0.4 is 11.1 Å². The lowest BCUT2D eigenvalue weighted by atomic mass is 10.1. The molecule has 0 saturated heterocycles. The van der Waals surface area contributed by atoms with Crippen LogP contribution in [0.5, 0.6) is 0 Å². The van der Waals surface area contributed by atoms with Crippen molar-refractivity contribution >= 4 is 11.8 Å². The van der Waals surface area contributed by atoms with Gasteiger partial charge < -0.3 is 16.0 Å². The molecule has 19 heavy (non-hydrogen) atoms. The highest BCUT2D eigenvalue weighted by Gasteiger charge is 2.17. The van der Waals surface area contributed by atoms with E-state index in [9.17, 15) is 9.59 Å². The van der Waals surface area contributed by atoms with E-state index in [1.54, 1.807) is 33.2 Å². The van der Waals surface area contributed by atoms with Crippen LogP contribution in [0.15, 0.2) is 24.3 Å². The fraction of sp³-hybridized carbons (Fsp3) is 0.429. The summed E-state index contributed by atoms with van der Waals surface area (Å²) in [6, 6.07) is 6.73. The van der Waals surface area contributed by atoms with Crippen molar-refractivity contribution in [1.29, 1.82) is 0 Å². The Labute approximate surface area is 113 Å². The number of likely N-dealkylation sites (N-methyl/N-ethyl adjacent to an activating group) is 1. The molecule has 0 fully saturated rings. The predicted octanol–water partition coefficient (Wildman–Crippen LogP) is 0.394. The van der Waals surface area contributed by atoms with Crippen molar-refractivity contribution in [2.75, 3.05) is 20.6 Å². The average molecular weight is 263 g/mol. The highest BCUT2D eigenvalue weighted by Crippen LogP contribution is 2.06. The van der Waals surface area contributed by atoms with Crippen LogP contribution in [-0.4, -0.2) is 43.4 Å². The van der Waals surface area contributed by atoms with E-state index in [1.807, 2.05) is 12.1 Å². The van der Waals surface area contributed by atoms with Gasteiger partial charge in [-0.3, -0.25) is 9.59 Å². The molecule has 0 aromatic heterocycles. The SMILES string of the molecule is CC(NC(=O)c1cccc(CCN)c1)C(=O)N(C)C. The molecule has 1 unspecified atom stereocenters. The van der Waals surface area contributed by atoms with Gasteiger partial charge in [0.15, 0.2) is 0 Å². The molecular formula is C14H21N3O2.